The molecule has 1 aliphatic heterocycles. The van der Waals surface area contributed by atoms with Crippen LogP contribution in [0.2, 0.25) is 0 Å². The van der Waals surface area contributed by atoms with E-state index in [2.05, 4.69) is 55.8 Å². The summed E-state index contributed by atoms with van der Waals surface area (Å²) in [5, 5.41) is 7.24. The number of pyridine rings is 1. The van der Waals surface area contributed by atoms with Crippen LogP contribution in [0, 0.1) is 0 Å². The van der Waals surface area contributed by atoms with Gasteiger partial charge in [0, 0.05) is 44.6 Å². The third-order valence-corrected chi connectivity index (χ3v) is 6.00. The standard InChI is InChI=1S/C22H25N5OS/c28-21(24-14-18-7-4-10-23-13-18)20-15-25-22(29-20)26-19-8-11-27(12-9-19)16-17-5-2-1-3-6-17/h1-7,10,13,15,19H,8-9,11-12,14,16H2,(H,24,28)(H,25,26). The van der Waals surface area contributed by atoms with Gasteiger partial charge >= 0.3 is 0 Å². The summed E-state index contributed by atoms with van der Waals surface area (Å²) in [7, 11) is 0. The summed E-state index contributed by atoms with van der Waals surface area (Å²) < 4.78 is 0. The Morgan fingerprint density at radius 2 is 1.86 bits per heavy atom. The van der Waals surface area contributed by atoms with Gasteiger partial charge in [0.15, 0.2) is 5.13 Å². The molecule has 0 aliphatic carbocycles. The quantitative estimate of drug-likeness (QED) is 0.627. The number of nitrogens with one attached hydrogen (secondary N) is 2. The van der Waals surface area contributed by atoms with Crippen molar-refractivity contribution >= 4 is 22.4 Å². The number of piperidine rings is 1. The number of hydrogen-bond donors (Lipinski definition) is 2. The van der Waals surface area contributed by atoms with Crippen molar-refractivity contribution in [3.63, 3.8) is 0 Å². The van der Waals surface area contributed by atoms with Crippen LogP contribution in [0.25, 0.3) is 0 Å². The molecule has 6 nitrogen and oxygen atoms in total. The van der Waals surface area contributed by atoms with Crippen molar-refractivity contribution < 1.29 is 4.79 Å². The van der Waals surface area contributed by atoms with Gasteiger partial charge in [0.2, 0.25) is 0 Å². The number of anilines is 1. The van der Waals surface area contributed by atoms with E-state index in [-0.39, 0.29) is 5.91 Å². The molecule has 0 radical (unpaired) electrons. The van der Waals surface area contributed by atoms with E-state index in [0.717, 1.165) is 43.2 Å². The van der Waals surface area contributed by atoms with Gasteiger partial charge in [-0.1, -0.05) is 47.7 Å². The molecule has 1 fully saturated rings. The summed E-state index contributed by atoms with van der Waals surface area (Å²) in [5.41, 5.74) is 2.34. The highest BCUT2D eigenvalue weighted by Crippen LogP contribution is 2.22. The Balaban J connectivity index is 1.23. The second-order valence-electron chi connectivity index (χ2n) is 7.25. The predicted octanol–water partition coefficient (Wildman–Crippen LogP) is 3.54. The topological polar surface area (TPSA) is 70.1 Å². The first-order chi connectivity index (χ1) is 14.3. The van der Waals surface area contributed by atoms with E-state index < -0.39 is 0 Å². The maximum Gasteiger partial charge on any atom is 0.263 e. The molecular formula is C22H25N5OS. The SMILES string of the molecule is O=C(NCc1cccnc1)c1cnc(NC2CCN(Cc3ccccc3)CC2)s1. The number of carbonyl (C=O) groups excluding carboxylic acids is 1. The Morgan fingerprint density at radius 3 is 2.62 bits per heavy atom. The zero-order valence-electron chi connectivity index (χ0n) is 16.3. The lowest BCUT2D eigenvalue weighted by molar-refractivity contribution is 0.0954. The Labute approximate surface area is 175 Å². The van der Waals surface area contributed by atoms with E-state index in [1.807, 2.05) is 12.1 Å². The zero-order chi connectivity index (χ0) is 19.9. The molecule has 0 saturated carbocycles. The molecule has 1 saturated heterocycles. The lowest BCUT2D eigenvalue weighted by atomic mass is 10.0. The molecule has 0 unspecified atom stereocenters. The van der Waals surface area contributed by atoms with Crippen LogP contribution in [0.15, 0.2) is 61.1 Å². The van der Waals surface area contributed by atoms with Crippen LogP contribution in [0.4, 0.5) is 5.13 Å². The van der Waals surface area contributed by atoms with Crippen molar-refractivity contribution in [3.05, 3.63) is 77.1 Å². The van der Waals surface area contributed by atoms with Crippen molar-refractivity contribution in [1.82, 2.24) is 20.2 Å². The molecule has 1 aliphatic rings. The molecule has 1 aromatic carbocycles. The monoisotopic (exact) mass is 407 g/mol. The van der Waals surface area contributed by atoms with E-state index in [0.29, 0.717) is 17.5 Å². The number of rotatable bonds is 7. The fourth-order valence-corrected chi connectivity index (χ4v) is 4.28. The van der Waals surface area contributed by atoms with Crippen LogP contribution in [0.3, 0.4) is 0 Å². The normalized spacial score (nSPS) is 15.2. The Bertz CT molecular complexity index is 907. The van der Waals surface area contributed by atoms with Gasteiger partial charge in [-0.05, 0) is 30.0 Å². The lowest BCUT2D eigenvalue weighted by Gasteiger charge is -2.32. The Kier molecular flexibility index (Phi) is 6.49. The summed E-state index contributed by atoms with van der Waals surface area (Å²) in [6.45, 7) is 3.60. The molecule has 3 aromatic rings. The summed E-state index contributed by atoms with van der Waals surface area (Å²) >= 11 is 1.41. The van der Waals surface area contributed by atoms with Crippen molar-refractivity contribution in [3.8, 4) is 0 Å². The molecule has 29 heavy (non-hydrogen) atoms. The number of thiazole rings is 1. The van der Waals surface area contributed by atoms with Gasteiger partial charge in [0.25, 0.3) is 5.91 Å². The fraction of sp³-hybridized carbons (Fsp3) is 0.318. The number of amides is 1. The molecule has 2 aromatic heterocycles. The number of likely N-dealkylation sites (tertiary alicyclic amines) is 1. The first-order valence-electron chi connectivity index (χ1n) is 9.92. The third-order valence-electron chi connectivity index (χ3n) is 5.07. The molecule has 1 amide bonds. The van der Waals surface area contributed by atoms with Crippen LogP contribution in [-0.4, -0.2) is 39.9 Å². The smallest absolute Gasteiger partial charge is 0.263 e. The molecule has 150 valence electrons. The fourth-order valence-electron chi connectivity index (χ4n) is 3.47. The van der Waals surface area contributed by atoms with Gasteiger partial charge in [-0.2, -0.15) is 0 Å². The van der Waals surface area contributed by atoms with E-state index in [9.17, 15) is 4.79 Å². The van der Waals surface area contributed by atoms with E-state index in [4.69, 9.17) is 0 Å². The highest BCUT2D eigenvalue weighted by atomic mass is 32.1. The molecule has 0 spiro atoms. The van der Waals surface area contributed by atoms with Gasteiger partial charge < -0.3 is 10.6 Å². The van der Waals surface area contributed by atoms with Gasteiger partial charge in [0.1, 0.15) is 4.88 Å². The van der Waals surface area contributed by atoms with E-state index in [1.54, 1.807) is 18.6 Å². The van der Waals surface area contributed by atoms with Gasteiger partial charge in [0.05, 0.1) is 6.20 Å². The van der Waals surface area contributed by atoms with E-state index in [1.165, 1.54) is 16.9 Å². The van der Waals surface area contributed by atoms with Crippen LogP contribution in [0.5, 0.6) is 0 Å². The van der Waals surface area contributed by atoms with Gasteiger partial charge in [-0.3, -0.25) is 14.7 Å². The molecule has 4 rings (SSSR count). The summed E-state index contributed by atoms with van der Waals surface area (Å²) in [6.07, 6.45) is 7.28. The number of carbonyl (C=O) groups is 1. The second-order valence-corrected chi connectivity index (χ2v) is 8.28. The maximum absolute atomic E-state index is 12.3. The minimum Gasteiger partial charge on any atom is -0.359 e. The number of aromatic nitrogens is 2. The van der Waals surface area contributed by atoms with Crippen molar-refractivity contribution in [2.24, 2.45) is 0 Å². The van der Waals surface area contributed by atoms with Gasteiger partial charge in [-0.25, -0.2) is 4.98 Å². The maximum atomic E-state index is 12.3. The first-order valence-corrected chi connectivity index (χ1v) is 10.7. The first kappa shape index (κ1) is 19.5. The number of benzene rings is 1. The van der Waals surface area contributed by atoms with Gasteiger partial charge in [-0.15, -0.1) is 0 Å². The molecular weight excluding hydrogens is 382 g/mol. The molecule has 3 heterocycles. The molecule has 7 heteroatoms. The van der Waals surface area contributed by atoms with Crippen molar-refractivity contribution in [2.75, 3.05) is 18.4 Å². The average molecular weight is 408 g/mol. The Morgan fingerprint density at radius 1 is 1.07 bits per heavy atom. The van der Waals surface area contributed by atoms with Crippen molar-refractivity contribution in [2.45, 2.75) is 32.0 Å². The number of hydrogen-bond acceptors (Lipinski definition) is 6. The highest BCUT2D eigenvalue weighted by molar-refractivity contribution is 7.17. The number of nitrogens with zero attached hydrogens (tertiary/aromatic N) is 3. The van der Waals surface area contributed by atoms with Crippen LogP contribution >= 0.6 is 11.3 Å². The van der Waals surface area contributed by atoms with Crippen LogP contribution in [0.1, 0.15) is 33.6 Å². The van der Waals surface area contributed by atoms with E-state index >= 15 is 0 Å². The minimum absolute atomic E-state index is 0.0999. The molecule has 2 N–H and O–H groups in total. The minimum atomic E-state index is -0.0999. The highest BCUT2D eigenvalue weighted by Gasteiger charge is 2.20. The third kappa shape index (κ3) is 5.62. The van der Waals surface area contributed by atoms with Crippen LogP contribution in [-0.2, 0) is 13.1 Å². The summed E-state index contributed by atoms with van der Waals surface area (Å²) in [4.78, 5) is 23.9. The molecule has 0 bridgehead atoms. The summed E-state index contributed by atoms with van der Waals surface area (Å²) in [5.74, 6) is -0.0999. The largest absolute Gasteiger partial charge is 0.359 e. The zero-order valence-corrected chi connectivity index (χ0v) is 17.1. The van der Waals surface area contributed by atoms with Crippen LogP contribution < -0.4 is 10.6 Å². The van der Waals surface area contributed by atoms with Crippen molar-refractivity contribution in [1.29, 1.82) is 0 Å². The average Bonchev–Trinajstić information content (AvgIpc) is 3.23. The predicted molar refractivity (Wildman–Crippen MR) is 116 cm³/mol. The Hall–Kier alpha value is -2.77. The molecule has 0 atom stereocenters. The lowest BCUT2D eigenvalue weighted by Crippen LogP contribution is -2.38. The summed E-state index contributed by atoms with van der Waals surface area (Å²) in [6, 6.07) is 14.8. The second kappa shape index (κ2) is 9.62.